The molecule has 0 saturated carbocycles. The SMILES string of the molecule is CB(O)N(CCNC(=O)C[C@@H](O)C[C@H](O)CO)CCNC(=O)[C@H](O)[C@@H](O)[C@H](O)CCO. The van der Waals surface area contributed by atoms with Gasteiger partial charge >= 0.3 is 7.05 Å². The average Bonchev–Trinajstić information content (AvgIpc) is 2.70. The maximum Gasteiger partial charge on any atom is 0.376 e. The molecule has 0 rings (SSSR count). The van der Waals surface area contributed by atoms with E-state index in [4.69, 9.17) is 10.2 Å². The van der Waals surface area contributed by atoms with E-state index >= 15 is 0 Å². The Morgan fingerprint density at radius 2 is 1.55 bits per heavy atom. The molecule has 2 amide bonds. The van der Waals surface area contributed by atoms with E-state index in [-0.39, 0.29) is 45.4 Å². The monoisotopic (exact) mass is 453 g/mol. The van der Waals surface area contributed by atoms with Crippen LogP contribution in [0.5, 0.6) is 0 Å². The quantitative estimate of drug-likeness (QED) is 0.0936. The van der Waals surface area contributed by atoms with Crippen molar-refractivity contribution in [1.82, 2.24) is 15.4 Å². The lowest BCUT2D eigenvalue weighted by Crippen LogP contribution is -2.50. The minimum absolute atomic E-state index is 0.00465. The minimum Gasteiger partial charge on any atom is -0.437 e. The Hall–Kier alpha value is -1.36. The van der Waals surface area contributed by atoms with Crippen LogP contribution in [-0.2, 0) is 9.59 Å². The maximum atomic E-state index is 11.9. The Morgan fingerprint density at radius 3 is 2.06 bits per heavy atom. The van der Waals surface area contributed by atoms with Crippen LogP contribution in [-0.4, -0.2) is 134 Å². The standard InChI is InChI=1S/C17H36BN3O10/c1-18(31)21(5-3-19-14(27)9-11(24)8-12(25)10-23)6-4-20-17(30)16(29)15(28)13(26)2-7-22/h11-13,15-16,22-26,28-29,31H,2-10H2,1H3,(H,19,27)(H,20,30)/t11-,12-,13+,15-,16+/m0/s1. The summed E-state index contributed by atoms with van der Waals surface area (Å²) in [5.74, 6) is -1.41. The molecule has 0 saturated heterocycles. The van der Waals surface area contributed by atoms with Crippen molar-refractivity contribution >= 4 is 18.9 Å². The van der Waals surface area contributed by atoms with Crippen molar-refractivity contribution in [2.45, 2.75) is 56.6 Å². The second-order valence-electron chi connectivity index (χ2n) is 7.25. The summed E-state index contributed by atoms with van der Waals surface area (Å²) in [6, 6.07) is 0. The summed E-state index contributed by atoms with van der Waals surface area (Å²) in [4.78, 5) is 25.1. The summed E-state index contributed by atoms with van der Waals surface area (Å²) < 4.78 is 0. The van der Waals surface area contributed by atoms with Gasteiger partial charge in [0.1, 0.15) is 6.10 Å². The normalized spacial score (nSPS) is 16.3. The first kappa shape index (κ1) is 29.6. The van der Waals surface area contributed by atoms with Crippen LogP contribution in [0.1, 0.15) is 19.3 Å². The van der Waals surface area contributed by atoms with Gasteiger partial charge in [-0.3, -0.25) is 9.59 Å². The van der Waals surface area contributed by atoms with Crippen molar-refractivity contribution in [3.8, 4) is 0 Å². The molecule has 0 fully saturated rings. The lowest BCUT2D eigenvalue weighted by Gasteiger charge is -2.25. The van der Waals surface area contributed by atoms with Gasteiger partial charge in [-0.15, -0.1) is 0 Å². The molecule has 0 spiro atoms. The van der Waals surface area contributed by atoms with E-state index < -0.39 is 62.6 Å². The van der Waals surface area contributed by atoms with Crippen LogP contribution in [0.2, 0.25) is 6.82 Å². The minimum atomic E-state index is -1.89. The van der Waals surface area contributed by atoms with Crippen LogP contribution in [0, 0.1) is 0 Å². The molecule has 0 aliphatic carbocycles. The molecule has 0 aromatic carbocycles. The second-order valence-corrected chi connectivity index (χ2v) is 7.25. The Bertz CT molecular complexity index is 517. The molecule has 10 N–H and O–H groups in total. The van der Waals surface area contributed by atoms with Gasteiger partial charge < -0.3 is 56.2 Å². The van der Waals surface area contributed by atoms with Crippen molar-refractivity contribution in [1.29, 1.82) is 0 Å². The van der Waals surface area contributed by atoms with Crippen molar-refractivity contribution in [3.63, 3.8) is 0 Å². The fourth-order valence-electron chi connectivity index (χ4n) is 2.68. The summed E-state index contributed by atoms with van der Waals surface area (Å²) in [6.07, 6.45) is -7.93. The Morgan fingerprint density at radius 1 is 0.968 bits per heavy atom. The first-order valence-corrected chi connectivity index (χ1v) is 10.1. The molecule has 0 aliphatic heterocycles. The predicted molar refractivity (Wildman–Crippen MR) is 109 cm³/mol. The van der Waals surface area contributed by atoms with Crippen LogP contribution >= 0.6 is 0 Å². The molecule has 31 heavy (non-hydrogen) atoms. The molecule has 14 heteroatoms. The molecule has 0 unspecified atom stereocenters. The summed E-state index contributed by atoms with van der Waals surface area (Å²) in [6.45, 7) is 1.01. The van der Waals surface area contributed by atoms with Gasteiger partial charge in [-0.2, -0.15) is 0 Å². The number of nitrogens with zero attached hydrogens (tertiary/aromatic N) is 1. The van der Waals surface area contributed by atoms with E-state index in [0.717, 1.165) is 0 Å². The summed E-state index contributed by atoms with van der Waals surface area (Å²) >= 11 is 0. The van der Waals surface area contributed by atoms with E-state index in [0.29, 0.717) is 0 Å². The highest BCUT2D eigenvalue weighted by molar-refractivity contribution is 6.45. The summed E-state index contributed by atoms with van der Waals surface area (Å²) in [5.41, 5.74) is 0. The first-order chi connectivity index (χ1) is 14.5. The third-order valence-corrected chi connectivity index (χ3v) is 4.54. The molecule has 0 aromatic rings. The smallest absolute Gasteiger partial charge is 0.376 e. The van der Waals surface area contributed by atoms with Gasteiger partial charge in [0.05, 0.1) is 31.3 Å². The molecule has 5 atom stereocenters. The molecule has 13 nitrogen and oxygen atoms in total. The predicted octanol–water partition coefficient (Wildman–Crippen LogP) is -5.41. The number of nitrogens with one attached hydrogen (secondary N) is 2. The van der Waals surface area contributed by atoms with Gasteiger partial charge in [0.15, 0.2) is 6.10 Å². The number of aliphatic hydroxyl groups is 7. The van der Waals surface area contributed by atoms with Crippen molar-refractivity contribution < 1.29 is 50.4 Å². The number of rotatable bonds is 17. The number of hydrogen-bond donors (Lipinski definition) is 10. The zero-order valence-electron chi connectivity index (χ0n) is 17.7. The van der Waals surface area contributed by atoms with Gasteiger partial charge in [0, 0.05) is 39.2 Å². The van der Waals surface area contributed by atoms with E-state index in [9.17, 15) is 40.1 Å². The topological polar surface area (TPSA) is 223 Å². The average molecular weight is 453 g/mol. The van der Waals surface area contributed by atoms with E-state index in [2.05, 4.69) is 10.6 Å². The van der Waals surface area contributed by atoms with Crippen molar-refractivity contribution in [2.24, 2.45) is 0 Å². The van der Waals surface area contributed by atoms with Crippen LogP contribution in [0.15, 0.2) is 0 Å². The molecule has 0 radical (unpaired) electrons. The Balaban J connectivity index is 4.30. The van der Waals surface area contributed by atoms with Gasteiger partial charge in [0.2, 0.25) is 5.91 Å². The number of carbonyl (C=O) groups excluding carboxylic acids is 2. The molecule has 0 aromatic heterocycles. The van der Waals surface area contributed by atoms with Gasteiger partial charge in [-0.1, -0.05) is 0 Å². The summed E-state index contributed by atoms with van der Waals surface area (Å²) in [7, 11) is -0.916. The Kier molecular flexibility index (Phi) is 15.6. The lowest BCUT2D eigenvalue weighted by molar-refractivity contribution is -0.141. The third-order valence-electron chi connectivity index (χ3n) is 4.54. The highest BCUT2D eigenvalue weighted by Gasteiger charge is 2.30. The number of amides is 2. The zero-order valence-corrected chi connectivity index (χ0v) is 17.7. The van der Waals surface area contributed by atoms with Crippen LogP contribution in [0.4, 0.5) is 0 Å². The van der Waals surface area contributed by atoms with E-state index in [1.807, 2.05) is 0 Å². The largest absolute Gasteiger partial charge is 0.437 e. The molecule has 0 bridgehead atoms. The van der Waals surface area contributed by atoms with Gasteiger partial charge in [-0.05, 0) is 13.2 Å². The second kappa shape index (κ2) is 16.3. The van der Waals surface area contributed by atoms with Gasteiger partial charge in [0.25, 0.3) is 5.91 Å². The molecule has 0 heterocycles. The third kappa shape index (κ3) is 12.9. The number of aliphatic hydroxyl groups excluding tert-OH is 7. The fraction of sp³-hybridized carbons (Fsp3) is 0.882. The molecular weight excluding hydrogens is 417 g/mol. The van der Waals surface area contributed by atoms with Crippen LogP contribution in [0.25, 0.3) is 0 Å². The zero-order chi connectivity index (χ0) is 24.0. The maximum absolute atomic E-state index is 11.9. The Labute approximate surface area is 181 Å². The molecule has 182 valence electrons. The van der Waals surface area contributed by atoms with E-state index in [1.54, 1.807) is 0 Å². The summed E-state index contributed by atoms with van der Waals surface area (Å²) in [5, 5.41) is 79.9. The first-order valence-electron chi connectivity index (χ1n) is 10.1. The number of carbonyl (C=O) groups is 2. The van der Waals surface area contributed by atoms with E-state index in [1.165, 1.54) is 11.6 Å². The highest BCUT2D eigenvalue weighted by Crippen LogP contribution is 2.04. The lowest BCUT2D eigenvalue weighted by atomic mass is 9.85. The number of hydrogen-bond acceptors (Lipinski definition) is 11. The van der Waals surface area contributed by atoms with Gasteiger partial charge in [-0.25, -0.2) is 0 Å². The van der Waals surface area contributed by atoms with Crippen LogP contribution in [0.3, 0.4) is 0 Å². The molecular formula is C17H36BN3O10. The van der Waals surface area contributed by atoms with Crippen molar-refractivity contribution in [2.75, 3.05) is 39.4 Å². The fourth-order valence-corrected chi connectivity index (χ4v) is 2.68. The molecule has 0 aliphatic rings. The highest BCUT2D eigenvalue weighted by atomic mass is 16.4. The van der Waals surface area contributed by atoms with Crippen molar-refractivity contribution in [3.05, 3.63) is 0 Å². The van der Waals surface area contributed by atoms with Crippen LogP contribution < -0.4 is 10.6 Å².